The first-order chi connectivity index (χ1) is 14.6. The van der Waals surface area contributed by atoms with Gasteiger partial charge >= 0.3 is 0 Å². The highest BCUT2D eigenvalue weighted by Crippen LogP contribution is 2.22. The van der Waals surface area contributed by atoms with Crippen LogP contribution in [0.1, 0.15) is 40.7 Å². The van der Waals surface area contributed by atoms with E-state index < -0.39 is 0 Å². The molecule has 6 nitrogen and oxygen atoms in total. The van der Waals surface area contributed by atoms with Crippen molar-refractivity contribution in [2.75, 3.05) is 26.7 Å². The maximum atomic E-state index is 12.5. The number of hydrogen-bond acceptors (Lipinski definition) is 4. The smallest absolute Gasteiger partial charge is 0.254 e. The van der Waals surface area contributed by atoms with E-state index in [1.165, 1.54) is 5.56 Å². The molecule has 30 heavy (non-hydrogen) atoms. The van der Waals surface area contributed by atoms with Crippen LogP contribution < -0.4 is 10.1 Å². The molecule has 0 aromatic heterocycles. The van der Waals surface area contributed by atoms with E-state index in [0.29, 0.717) is 19.5 Å². The molecule has 1 atom stereocenters. The summed E-state index contributed by atoms with van der Waals surface area (Å²) >= 11 is 0. The molecule has 0 aliphatic carbocycles. The predicted molar refractivity (Wildman–Crippen MR) is 115 cm³/mol. The van der Waals surface area contributed by atoms with E-state index in [0.717, 1.165) is 49.4 Å². The second-order valence-corrected chi connectivity index (χ2v) is 8.13. The molecule has 2 aromatic rings. The molecule has 2 amide bonds. The van der Waals surface area contributed by atoms with Crippen molar-refractivity contribution in [3.63, 3.8) is 0 Å². The lowest BCUT2D eigenvalue weighted by Gasteiger charge is -2.33. The van der Waals surface area contributed by atoms with Crippen LogP contribution in [-0.4, -0.2) is 54.4 Å². The van der Waals surface area contributed by atoms with Gasteiger partial charge < -0.3 is 15.0 Å². The average molecular weight is 408 g/mol. The van der Waals surface area contributed by atoms with Crippen LogP contribution in [0.3, 0.4) is 0 Å². The number of piperidine rings is 1. The summed E-state index contributed by atoms with van der Waals surface area (Å²) in [5, 5.41) is 3.17. The molecule has 158 valence electrons. The Balaban J connectivity index is 1.24. The first kappa shape index (κ1) is 20.4. The third-order valence-corrected chi connectivity index (χ3v) is 5.92. The molecule has 0 bridgehead atoms. The Morgan fingerprint density at radius 3 is 2.90 bits per heavy atom. The first-order valence-electron chi connectivity index (χ1n) is 10.6. The van der Waals surface area contributed by atoms with Crippen LogP contribution in [-0.2, 0) is 17.9 Å². The molecule has 1 fully saturated rings. The minimum absolute atomic E-state index is 0.0204. The van der Waals surface area contributed by atoms with Crippen molar-refractivity contribution in [3.05, 3.63) is 65.2 Å². The highest BCUT2D eigenvalue weighted by molar-refractivity contribution is 5.98. The van der Waals surface area contributed by atoms with Gasteiger partial charge in [-0.25, -0.2) is 0 Å². The minimum atomic E-state index is 0.0204. The summed E-state index contributed by atoms with van der Waals surface area (Å²) in [5.41, 5.74) is 3.02. The van der Waals surface area contributed by atoms with E-state index in [-0.39, 0.29) is 17.9 Å². The summed E-state index contributed by atoms with van der Waals surface area (Å²) < 4.78 is 5.31. The minimum Gasteiger partial charge on any atom is -0.497 e. The molecule has 0 saturated carbocycles. The van der Waals surface area contributed by atoms with Crippen LogP contribution in [0.4, 0.5) is 0 Å². The molecule has 4 rings (SSSR count). The topological polar surface area (TPSA) is 61.9 Å². The molecule has 2 aliphatic rings. The van der Waals surface area contributed by atoms with E-state index in [4.69, 9.17) is 4.74 Å². The summed E-state index contributed by atoms with van der Waals surface area (Å²) in [7, 11) is 1.68. The summed E-state index contributed by atoms with van der Waals surface area (Å²) in [4.78, 5) is 29.1. The van der Waals surface area contributed by atoms with Crippen molar-refractivity contribution in [2.45, 2.75) is 38.4 Å². The van der Waals surface area contributed by atoms with Crippen molar-refractivity contribution in [1.82, 2.24) is 15.1 Å². The van der Waals surface area contributed by atoms with Crippen LogP contribution in [0.5, 0.6) is 5.75 Å². The lowest BCUT2D eigenvalue weighted by molar-refractivity contribution is -0.122. The van der Waals surface area contributed by atoms with Gasteiger partial charge in [-0.3, -0.25) is 14.5 Å². The Kier molecular flexibility index (Phi) is 6.33. The SMILES string of the molecule is COc1cccc(CN2CCC[C@@H](NC(=O)CCN3Cc4ccccc4C3=O)C2)c1. The van der Waals surface area contributed by atoms with Crippen molar-refractivity contribution in [2.24, 2.45) is 0 Å². The highest BCUT2D eigenvalue weighted by atomic mass is 16.5. The van der Waals surface area contributed by atoms with Crippen molar-refractivity contribution in [3.8, 4) is 5.75 Å². The van der Waals surface area contributed by atoms with Crippen molar-refractivity contribution >= 4 is 11.8 Å². The number of methoxy groups -OCH3 is 1. The second kappa shape index (κ2) is 9.30. The number of carbonyl (C=O) groups is 2. The number of amides is 2. The second-order valence-electron chi connectivity index (χ2n) is 8.13. The fraction of sp³-hybridized carbons (Fsp3) is 0.417. The molecule has 1 saturated heterocycles. The highest BCUT2D eigenvalue weighted by Gasteiger charge is 2.27. The van der Waals surface area contributed by atoms with Gasteiger partial charge in [0.1, 0.15) is 5.75 Å². The van der Waals surface area contributed by atoms with Crippen LogP contribution in [0.2, 0.25) is 0 Å². The van der Waals surface area contributed by atoms with Crippen LogP contribution in [0, 0.1) is 0 Å². The fourth-order valence-corrected chi connectivity index (χ4v) is 4.38. The summed E-state index contributed by atoms with van der Waals surface area (Å²) in [6, 6.07) is 16.0. The lowest BCUT2D eigenvalue weighted by Crippen LogP contribution is -2.47. The standard InChI is InChI=1S/C24H29N3O3/c1-30-21-9-4-6-18(14-21)15-26-12-5-8-20(17-26)25-23(28)11-13-27-16-19-7-2-3-10-22(19)24(27)29/h2-4,6-7,9-10,14,20H,5,8,11-13,15-17H2,1H3,(H,25,28)/t20-/m1/s1. The maximum absolute atomic E-state index is 12.5. The van der Waals surface area contributed by atoms with Gasteiger partial charge in [-0.1, -0.05) is 30.3 Å². The number of hydrogen-bond donors (Lipinski definition) is 1. The summed E-state index contributed by atoms with van der Waals surface area (Å²) in [5.74, 6) is 0.917. The molecule has 1 N–H and O–H groups in total. The number of carbonyl (C=O) groups excluding carboxylic acids is 2. The van der Waals surface area contributed by atoms with Crippen LogP contribution in [0.25, 0.3) is 0 Å². The Morgan fingerprint density at radius 2 is 2.07 bits per heavy atom. The molecule has 2 aromatic carbocycles. The lowest BCUT2D eigenvalue weighted by atomic mass is 10.0. The molecule has 0 unspecified atom stereocenters. The van der Waals surface area contributed by atoms with Crippen LogP contribution >= 0.6 is 0 Å². The quantitative estimate of drug-likeness (QED) is 0.767. The number of benzene rings is 2. The van der Waals surface area contributed by atoms with Gasteiger partial charge in [-0.05, 0) is 48.7 Å². The summed E-state index contributed by atoms with van der Waals surface area (Å²) in [6.45, 7) is 3.78. The van der Waals surface area contributed by atoms with E-state index in [2.05, 4.69) is 22.3 Å². The van der Waals surface area contributed by atoms with Gasteiger partial charge in [-0.2, -0.15) is 0 Å². The monoisotopic (exact) mass is 407 g/mol. The number of rotatable bonds is 7. The maximum Gasteiger partial charge on any atom is 0.254 e. The largest absolute Gasteiger partial charge is 0.497 e. The van der Waals surface area contributed by atoms with Gasteiger partial charge in [0.25, 0.3) is 5.91 Å². The number of nitrogens with one attached hydrogen (secondary N) is 1. The molecular formula is C24H29N3O3. The third kappa shape index (κ3) is 4.82. The zero-order valence-electron chi connectivity index (χ0n) is 17.5. The zero-order valence-corrected chi connectivity index (χ0v) is 17.5. The number of likely N-dealkylation sites (tertiary alicyclic amines) is 1. The van der Waals surface area contributed by atoms with Crippen molar-refractivity contribution < 1.29 is 14.3 Å². The normalized spacial score (nSPS) is 18.9. The fourth-order valence-electron chi connectivity index (χ4n) is 4.38. The van der Waals surface area contributed by atoms with E-state index in [1.54, 1.807) is 12.0 Å². The third-order valence-electron chi connectivity index (χ3n) is 5.92. The van der Waals surface area contributed by atoms with Gasteiger partial charge in [0.2, 0.25) is 5.91 Å². The van der Waals surface area contributed by atoms with Gasteiger partial charge in [0.05, 0.1) is 7.11 Å². The van der Waals surface area contributed by atoms with Gasteiger partial charge in [0.15, 0.2) is 0 Å². The first-order valence-corrected chi connectivity index (χ1v) is 10.6. The Morgan fingerprint density at radius 1 is 1.20 bits per heavy atom. The zero-order chi connectivity index (χ0) is 20.9. The average Bonchev–Trinajstić information content (AvgIpc) is 3.08. The molecule has 2 aliphatic heterocycles. The molecular weight excluding hydrogens is 378 g/mol. The van der Waals surface area contributed by atoms with E-state index in [9.17, 15) is 9.59 Å². The molecule has 0 spiro atoms. The summed E-state index contributed by atoms with van der Waals surface area (Å²) in [6.07, 6.45) is 2.40. The number of ether oxygens (including phenoxy) is 1. The Hall–Kier alpha value is -2.86. The van der Waals surface area contributed by atoms with Crippen LogP contribution in [0.15, 0.2) is 48.5 Å². The molecule has 6 heteroatoms. The van der Waals surface area contributed by atoms with E-state index >= 15 is 0 Å². The van der Waals surface area contributed by atoms with Gasteiger partial charge in [0, 0.05) is 44.2 Å². The Bertz CT molecular complexity index is 914. The molecule has 0 radical (unpaired) electrons. The van der Waals surface area contributed by atoms with Crippen molar-refractivity contribution in [1.29, 1.82) is 0 Å². The number of fused-ring (bicyclic) bond motifs is 1. The number of nitrogens with zero attached hydrogens (tertiary/aromatic N) is 2. The predicted octanol–water partition coefficient (Wildman–Crippen LogP) is 2.82. The Labute approximate surface area is 177 Å². The van der Waals surface area contributed by atoms with E-state index in [1.807, 2.05) is 36.4 Å². The molecule has 2 heterocycles. The van der Waals surface area contributed by atoms with Gasteiger partial charge in [-0.15, -0.1) is 0 Å².